The van der Waals surface area contributed by atoms with Gasteiger partial charge in [0.15, 0.2) is 5.16 Å². The average Bonchev–Trinajstić information content (AvgIpc) is 2.41. The Morgan fingerprint density at radius 3 is 2.86 bits per heavy atom. The number of nitrogens with zero attached hydrogens (tertiary/aromatic N) is 2. The fourth-order valence-electron chi connectivity index (χ4n) is 1.67. The van der Waals surface area contributed by atoms with Gasteiger partial charge in [-0.15, -0.1) is 0 Å². The number of thioether (sulfide) groups is 1. The number of aromatic nitrogens is 2. The van der Waals surface area contributed by atoms with E-state index in [0.29, 0.717) is 11.0 Å². The highest BCUT2D eigenvalue weighted by Gasteiger charge is 2.07. The van der Waals surface area contributed by atoms with Gasteiger partial charge >= 0.3 is 0 Å². The second-order valence-electron chi connectivity index (χ2n) is 4.39. The molecule has 0 aliphatic rings. The minimum absolute atomic E-state index is 0.219. The summed E-state index contributed by atoms with van der Waals surface area (Å²) in [6, 6.07) is 7.49. The molecular weight excluding hydrogens is 310 g/mol. The molecule has 2 aromatic rings. The molecule has 0 fully saturated rings. The Bertz CT molecular complexity index is 679. The van der Waals surface area contributed by atoms with Crippen LogP contribution in [0, 0.1) is 13.8 Å². The number of carbonyl (C=O) groups excluding carboxylic acids is 1. The largest absolute Gasteiger partial charge is 0.549 e. The monoisotopic (exact) mass is 322 g/mol. The molecule has 0 saturated heterocycles. The molecule has 0 bridgehead atoms. The smallest absolute Gasteiger partial charge is 0.191 e. The molecule has 0 aliphatic heterocycles. The molecule has 0 aliphatic carbocycles. The number of carboxylic acids is 1. The zero-order chi connectivity index (χ0) is 15.4. The molecule has 1 N–H and O–H groups in total. The number of hydrogen-bond acceptors (Lipinski definition) is 6. The van der Waals surface area contributed by atoms with Crippen molar-refractivity contribution in [1.29, 1.82) is 0 Å². The maximum atomic E-state index is 10.5. The molecule has 21 heavy (non-hydrogen) atoms. The van der Waals surface area contributed by atoms with Crippen LogP contribution in [0.5, 0.6) is 0 Å². The van der Waals surface area contributed by atoms with Gasteiger partial charge in [0.1, 0.15) is 11.0 Å². The quantitative estimate of drug-likeness (QED) is 0.517. The van der Waals surface area contributed by atoms with Crippen LogP contribution in [0.15, 0.2) is 29.4 Å². The first-order valence-electron chi connectivity index (χ1n) is 6.16. The van der Waals surface area contributed by atoms with Crippen molar-refractivity contribution in [2.75, 3.05) is 11.1 Å². The van der Waals surface area contributed by atoms with Gasteiger partial charge in [-0.25, -0.2) is 9.97 Å². The lowest BCUT2D eigenvalue weighted by molar-refractivity contribution is -0.301. The van der Waals surface area contributed by atoms with Crippen LogP contribution in [0.2, 0.25) is 5.15 Å². The fraction of sp³-hybridized carbons (Fsp3) is 0.214. The van der Waals surface area contributed by atoms with E-state index in [-0.39, 0.29) is 10.9 Å². The third kappa shape index (κ3) is 4.34. The van der Waals surface area contributed by atoms with Crippen molar-refractivity contribution in [2.24, 2.45) is 0 Å². The van der Waals surface area contributed by atoms with Crippen LogP contribution in [-0.2, 0) is 4.79 Å². The Morgan fingerprint density at radius 2 is 2.14 bits per heavy atom. The summed E-state index contributed by atoms with van der Waals surface area (Å²) in [5.41, 5.74) is 3.18. The summed E-state index contributed by atoms with van der Waals surface area (Å²) in [7, 11) is 0. The molecule has 1 aromatic carbocycles. The summed E-state index contributed by atoms with van der Waals surface area (Å²) in [6.45, 7) is 4.03. The van der Waals surface area contributed by atoms with E-state index in [1.54, 1.807) is 6.07 Å². The number of rotatable bonds is 5. The summed E-state index contributed by atoms with van der Waals surface area (Å²) in [4.78, 5) is 18.7. The highest BCUT2D eigenvalue weighted by molar-refractivity contribution is 7.99. The van der Waals surface area contributed by atoms with Crippen LogP contribution < -0.4 is 10.4 Å². The third-order valence-corrected chi connectivity index (χ3v) is 3.88. The van der Waals surface area contributed by atoms with Gasteiger partial charge in [-0.1, -0.05) is 35.5 Å². The molecule has 0 spiro atoms. The first-order chi connectivity index (χ1) is 9.95. The Labute approximate surface area is 131 Å². The average molecular weight is 323 g/mol. The minimum atomic E-state index is -1.17. The SMILES string of the molecule is Cc1cccc(Nc2cc(Cl)nc(SCC(=O)[O-])n2)c1C. The van der Waals surface area contributed by atoms with Crippen molar-refractivity contribution in [3.63, 3.8) is 0 Å². The van der Waals surface area contributed by atoms with E-state index >= 15 is 0 Å². The number of benzene rings is 1. The lowest BCUT2D eigenvalue weighted by Crippen LogP contribution is -2.24. The van der Waals surface area contributed by atoms with Crippen LogP contribution in [0.3, 0.4) is 0 Å². The molecular formula is C14H13ClN3O2S-. The second-order valence-corrected chi connectivity index (χ2v) is 5.72. The first kappa shape index (κ1) is 15.6. The van der Waals surface area contributed by atoms with Crippen molar-refractivity contribution in [1.82, 2.24) is 9.97 Å². The van der Waals surface area contributed by atoms with Crippen molar-refractivity contribution in [3.8, 4) is 0 Å². The number of aliphatic carboxylic acids is 1. The summed E-state index contributed by atoms with van der Waals surface area (Å²) in [5, 5.41) is 14.2. The van der Waals surface area contributed by atoms with Gasteiger partial charge in [-0.3, -0.25) is 0 Å². The summed E-state index contributed by atoms with van der Waals surface area (Å²) in [5.74, 6) is -0.874. The molecule has 0 atom stereocenters. The topological polar surface area (TPSA) is 77.9 Å². The fourth-order valence-corrected chi connectivity index (χ4v) is 2.48. The maximum absolute atomic E-state index is 10.5. The van der Waals surface area contributed by atoms with Crippen LogP contribution in [-0.4, -0.2) is 21.7 Å². The van der Waals surface area contributed by atoms with Crippen molar-refractivity contribution >= 4 is 40.8 Å². The first-order valence-corrected chi connectivity index (χ1v) is 7.52. The number of hydrogen-bond donors (Lipinski definition) is 1. The molecule has 1 aromatic heterocycles. The van der Waals surface area contributed by atoms with Crippen LogP contribution in [0.1, 0.15) is 11.1 Å². The maximum Gasteiger partial charge on any atom is 0.191 e. The summed E-state index contributed by atoms with van der Waals surface area (Å²) >= 11 is 6.90. The molecule has 2 rings (SSSR count). The Balaban J connectivity index is 2.23. The molecule has 0 unspecified atom stereocenters. The summed E-state index contributed by atoms with van der Waals surface area (Å²) in [6.07, 6.45) is 0. The van der Waals surface area contributed by atoms with Gasteiger partial charge in [-0.2, -0.15) is 0 Å². The lowest BCUT2D eigenvalue weighted by atomic mass is 10.1. The third-order valence-electron chi connectivity index (χ3n) is 2.86. The van der Waals surface area contributed by atoms with E-state index in [0.717, 1.165) is 28.6 Å². The van der Waals surface area contributed by atoms with Crippen molar-refractivity contribution < 1.29 is 9.90 Å². The van der Waals surface area contributed by atoms with E-state index in [1.807, 2.05) is 32.0 Å². The zero-order valence-corrected chi connectivity index (χ0v) is 13.1. The van der Waals surface area contributed by atoms with E-state index in [4.69, 9.17) is 11.6 Å². The molecule has 0 amide bonds. The van der Waals surface area contributed by atoms with Gasteiger partial charge in [0.2, 0.25) is 0 Å². The van der Waals surface area contributed by atoms with E-state index < -0.39 is 5.97 Å². The van der Waals surface area contributed by atoms with Crippen LogP contribution >= 0.6 is 23.4 Å². The van der Waals surface area contributed by atoms with Crippen LogP contribution in [0.4, 0.5) is 11.5 Å². The number of anilines is 2. The highest BCUT2D eigenvalue weighted by Crippen LogP contribution is 2.25. The van der Waals surface area contributed by atoms with Gasteiger partial charge in [0, 0.05) is 17.5 Å². The van der Waals surface area contributed by atoms with E-state index in [1.165, 1.54) is 0 Å². The minimum Gasteiger partial charge on any atom is -0.549 e. The number of carbonyl (C=O) groups is 1. The molecule has 1 heterocycles. The molecule has 110 valence electrons. The Morgan fingerprint density at radius 1 is 1.38 bits per heavy atom. The Kier molecular flexibility index (Phi) is 5.03. The lowest BCUT2D eigenvalue weighted by Gasteiger charge is -2.11. The van der Waals surface area contributed by atoms with E-state index in [2.05, 4.69) is 15.3 Å². The van der Waals surface area contributed by atoms with Gasteiger partial charge in [0.05, 0.1) is 5.97 Å². The van der Waals surface area contributed by atoms with Gasteiger partial charge < -0.3 is 15.2 Å². The normalized spacial score (nSPS) is 10.4. The molecule has 7 heteroatoms. The number of aryl methyl sites for hydroxylation is 1. The molecule has 0 radical (unpaired) electrons. The number of nitrogens with one attached hydrogen (secondary N) is 1. The van der Waals surface area contributed by atoms with Crippen molar-refractivity contribution in [2.45, 2.75) is 19.0 Å². The second kappa shape index (κ2) is 6.78. The predicted molar refractivity (Wildman–Crippen MR) is 82.0 cm³/mol. The standard InChI is InChI=1S/C14H14ClN3O2S/c1-8-4-3-5-10(9(8)2)16-12-6-11(15)17-14(18-12)21-7-13(19)20/h3-6H,7H2,1-2H3,(H,19,20)(H,16,17,18)/p-1. The van der Waals surface area contributed by atoms with Gasteiger partial charge in [-0.05, 0) is 31.0 Å². The number of carboxylic acid groups (broad SMARTS) is 1. The summed E-state index contributed by atoms with van der Waals surface area (Å²) < 4.78 is 0. The zero-order valence-electron chi connectivity index (χ0n) is 11.5. The molecule has 5 nitrogen and oxygen atoms in total. The molecule has 0 saturated carbocycles. The Hall–Kier alpha value is -1.79. The van der Waals surface area contributed by atoms with Gasteiger partial charge in [0.25, 0.3) is 0 Å². The van der Waals surface area contributed by atoms with E-state index in [9.17, 15) is 9.90 Å². The highest BCUT2D eigenvalue weighted by atomic mass is 35.5. The van der Waals surface area contributed by atoms with Crippen molar-refractivity contribution in [3.05, 3.63) is 40.5 Å². The predicted octanol–water partition coefficient (Wildman–Crippen LogP) is 2.33. The number of halogens is 1. The van der Waals surface area contributed by atoms with Crippen LogP contribution in [0.25, 0.3) is 0 Å².